The molecule has 2 heterocycles. The van der Waals surface area contributed by atoms with Gasteiger partial charge in [0.2, 0.25) is 11.1 Å². The van der Waals surface area contributed by atoms with Crippen LogP contribution in [0.1, 0.15) is 5.56 Å². The molecule has 0 saturated carbocycles. The highest BCUT2D eigenvalue weighted by atomic mass is 35.5. The summed E-state index contributed by atoms with van der Waals surface area (Å²) in [5.41, 5.74) is 12.3. The van der Waals surface area contributed by atoms with Crippen LogP contribution in [-0.4, -0.2) is 4.98 Å². The molecule has 0 amide bonds. The van der Waals surface area contributed by atoms with Crippen LogP contribution in [0.5, 0.6) is 0 Å². The highest BCUT2D eigenvalue weighted by molar-refractivity contribution is 6.31. The van der Waals surface area contributed by atoms with E-state index in [1.165, 1.54) is 0 Å². The predicted octanol–water partition coefficient (Wildman–Crippen LogP) is 2.04. The van der Waals surface area contributed by atoms with Gasteiger partial charge in [-0.1, -0.05) is 11.6 Å². The molecule has 0 bridgehead atoms. The van der Waals surface area contributed by atoms with Crippen molar-refractivity contribution in [3.8, 4) is 0 Å². The third-order valence-corrected chi connectivity index (χ3v) is 3.19. The Morgan fingerprint density at radius 2 is 2.05 bits per heavy atom. The molecule has 96 valence electrons. The van der Waals surface area contributed by atoms with E-state index in [1.54, 1.807) is 24.3 Å². The number of aromatic nitrogens is 1. The first-order valence-electron chi connectivity index (χ1n) is 5.61. The summed E-state index contributed by atoms with van der Waals surface area (Å²) >= 11 is 5.89. The Hall–Kier alpha value is -2.11. The number of anilines is 1. The zero-order valence-corrected chi connectivity index (χ0v) is 10.6. The van der Waals surface area contributed by atoms with E-state index in [0.717, 1.165) is 0 Å². The minimum atomic E-state index is -0.194. The Morgan fingerprint density at radius 1 is 1.26 bits per heavy atom. The highest BCUT2D eigenvalue weighted by Crippen LogP contribution is 2.22. The first kappa shape index (κ1) is 12.0. The van der Waals surface area contributed by atoms with Crippen molar-refractivity contribution in [2.24, 2.45) is 5.73 Å². The molecule has 0 atom stereocenters. The van der Waals surface area contributed by atoms with Crippen LogP contribution in [0, 0.1) is 0 Å². The molecule has 6 heteroatoms. The average molecular weight is 276 g/mol. The van der Waals surface area contributed by atoms with Crippen LogP contribution in [0.2, 0.25) is 5.02 Å². The number of pyridine rings is 1. The lowest BCUT2D eigenvalue weighted by atomic mass is 10.1. The molecule has 19 heavy (non-hydrogen) atoms. The second kappa shape index (κ2) is 4.22. The minimum Gasteiger partial charge on any atom is -0.437 e. The SMILES string of the molecule is NCc1cc2c(=O)c3cc(Cl)ccc3oc2nc1N. The quantitative estimate of drug-likeness (QED) is 0.663. The lowest BCUT2D eigenvalue weighted by molar-refractivity contribution is 0.645. The summed E-state index contributed by atoms with van der Waals surface area (Å²) in [4.78, 5) is 16.5. The highest BCUT2D eigenvalue weighted by Gasteiger charge is 2.11. The van der Waals surface area contributed by atoms with Gasteiger partial charge in [-0.2, -0.15) is 4.98 Å². The van der Waals surface area contributed by atoms with Gasteiger partial charge in [0.1, 0.15) is 11.4 Å². The van der Waals surface area contributed by atoms with Crippen LogP contribution in [0.15, 0.2) is 33.5 Å². The standard InChI is InChI=1S/C13H10ClN3O2/c14-7-1-2-10-8(4-7)11(18)9-3-6(5-15)12(16)17-13(9)19-10/h1-4H,5,15H2,(H2,16,17). The van der Waals surface area contributed by atoms with Gasteiger partial charge in [0.25, 0.3) is 0 Å². The van der Waals surface area contributed by atoms with Gasteiger partial charge in [0.15, 0.2) is 0 Å². The van der Waals surface area contributed by atoms with E-state index < -0.39 is 0 Å². The first-order chi connectivity index (χ1) is 9.10. The Balaban J connectivity index is 2.51. The Morgan fingerprint density at radius 3 is 2.79 bits per heavy atom. The van der Waals surface area contributed by atoms with Gasteiger partial charge in [-0.05, 0) is 24.3 Å². The normalized spacial score (nSPS) is 11.3. The van der Waals surface area contributed by atoms with Crippen LogP contribution in [0.25, 0.3) is 22.1 Å². The molecule has 3 rings (SSSR count). The van der Waals surface area contributed by atoms with Gasteiger partial charge in [-0.25, -0.2) is 0 Å². The molecular weight excluding hydrogens is 266 g/mol. The van der Waals surface area contributed by atoms with Gasteiger partial charge in [0.05, 0.1) is 10.8 Å². The minimum absolute atomic E-state index is 0.194. The topological polar surface area (TPSA) is 95.1 Å². The lowest BCUT2D eigenvalue weighted by Crippen LogP contribution is -2.08. The van der Waals surface area contributed by atoms with E-state index >= 15 is 0 Å². The number of nitrogen functional groups attached to an aromatic ring is 1. The number of halogens is 1. The molecule has 0 aliphatic carbocycles. The van der Waals surface area contributed by atoms with Gasteiger partial charge in [-0.15, -0.1) is 0 Å². The summed E-state index contributed by atoms with van der Waals surface area (Å²) in [5, 5.41) is 1.24. The monoisotopic (exact) mass is 275 g/mol. The summed E-state index contributed by atoms with van der Waals surface area (Å²) in [6.07, 6.45) is 0. The zero-order chi connectivity index (χ0) is 13.6. The average Bonchev–Trinajstić information content (AvgIpc) is 2.39. The number of benzene rings is 1. The maximum absolute atomic E-state index is 12.4. The third-order valence-electron chi connectivity index (χ3n) is 2.96. The number of fused-ring (bicyclic) bond motifs is 2. The number of nitrogens with two attached hydrogens (primary N) is 2. The molecular formula is C13H10ClN3O2. The van der Waals surface area contributed by atoms with Crippen molar-refractivity contribution in [3.05, 3.63) is 45.1 Å². The van der Waals surface area contributed by atoms with E-state index in [9.17, 15) is 4.79 Å². The van der Waals surface area contributed by atoms with Crippen LogP contribution < -0.4 is 16.9 Å². The van der Waals surface area contributed by atoms with Crippen molar-refractivity contribution in [1.29, 1.82) is 0 Å². The predicted molar refractivity (Wildman–Crippen MR) is 75.1 cm³/mol. The van der Waals surface area contributed by atoms with Crippen LogP contribution in [0.3, 0.4) is 0 Å². The molecule has 5 nitrogen and oxygen atoms in total. The number of hydrogen-bond donors (Lipinski definition) is 2. The molecule has 3 aromatic rings. The lowest BCUT2D eigenvalue weighted by Gasteiger charge is -2.05. The summed E-state index contributed by atoms with van der Waals surface area (Å²) < 4.78 is 5.57. The largest absolute Gasteiger partial charge is 0.437 e. The fourth-order valence-electron chi connectivity index (χ4n) is 1.97. The van der Waals surface area contributed by atoms with Crippen LogP contribution in [-0.2, 0) is 6.54 Å². The molecule has 0 aliphatic heterocycles. The van der Waals surface area contributed by atoms with E-state index in [1.807, 2.05) is 0 Å². The van der Waals surface area contributed by atoms with Gasteiger partial charge < -0.3 is 15.9 Å². The zero-order valence-electron chi connectivity index (χ0n) is 9.81. The fraction of sp³-hybridized carbons (Fsp3) is 0.0769. The molecule has 0 unspecified atom stereocenters. The summed E-state index contributed by atoms with van der Waals surface area (Å²) in [6.45, 7) is 0.210. The summed E-state index contributed by atoms with van der Waals surface area (Å²) in [5.74, 6) is 0.270. The van der Waals surface area contributed by atoms with Crippen molar-refractivity contribution < 1.29 is 4.42 Å². The van der Waals surface area contributed by atoms with Crippen LogP contribution in [0.4, 0.5) is 5.82 Å². The summed E-state index contributed by atoms with van der Waals surface area (Å²) in [6, 6.07) is 6.47. The van der Waals surface area contributed by atoms with Crippen molar-refractivity contribution >= 4 is 39.5 Å². The molecule has 0 radical (unpaired) electrons. The second-order valence-electron chi connectivity index (χ2n) is 4.16. The maximum atomic E-state index is 12.4. The van der Waals surface area contributed by atoms with Crippen molar-refractivity contribution in [2.45, 2.75) is 6.54 Å². The van der Waals surface area contributed by atoms with Crippen molar-refractivity contribution in [3.63, 3.8) is 0 Å². The first-order valence-corrected chi connectivity index (χ1v) is 5.99. The van der Waals surface area contributed by atoms with E-state index in [2.05, 4.69) is 4.98 Å². The molecule has 0 fully saturated rings. The summed E-state index contributed by atoms with van der Waals surface area (Å²) in [7, 11) is 0. The Bertz CT molecular complexity index is 858. The Kier molecular flexibility index (Phi) is 2.66. The number of nitrogens with zero attached hydrogens (tertiary/aromatic N) is 1. The number of hydrogen-bond acceptors (Lipinski definition) is 5. The molecule has 4 N–H and O–H groups in total. The van der Waals surface area contributed by atoms with Gasteiger partial charge >= 0.3 is 0 Å². The maximum Gasteiger partial charge on any atom is 0.232 e. The van der Waals surface area contributed by atoms with E-state index in [-0.39, 0.29) is 23.5 Å². The van der Waals surface area contributed by atoms with E-state index in [4.69, 9.17) is 27.5 Å². The van der Waals surface area contributed by atoms with Gasteiger partial charge in [-0.3, -0.25) is 4.79 Å². The van der Waals surface area contributed by atoms with Crippen molar-refractivity contribution in [1.82, 2.24) is 4.98 Å². The second-order valence-corrected chi connectivity index (χ2v) is 4.60. The molecule has 0 saturated heterocycles. The molecule has 2 aromatic heterocycles. The molecule has 0 aliphatic rings. The molecule has 1 aromatic carbocycles. The Labute approximate surface area is 112 Å². The smallest absolute Gasteiger partial charge is 0.232 e. The third kappa shape index (κ3) is 1.83. The molecule has 0 spiro atoms. The van der Waals surface area contributed by atoms with Gasteiger partial charge in [0, 0.05) is 17.1 Å². The van der Waals surface area contributed by atoms with Crippen LogP contribution >= 0.6 is 11.6 Å². The van der Waals surface area contributed by atoms with E-state index in [0.29, 0.717) is 26.9 Å². The fourth-order valence-corrected chi connectivity index (χ4v) is 2.15. The number of rotatable bonds is 1. The van der Waals surface area contributed by atoms with Crippen molar-refractivity contribution in [2.75, 3.05) is 5.73 Å².